The maximum atomic E-state index is 11.2. The Morgan fingerprint density at radius 3 is 2.78 bits per heavy atom. The van der Waals surface area contributed by atoms with Crippen molar-refractivity contribution in [1.82, 2.24) is 4.98 Å². The molecule has 0 unspecified atom stereocenters. The van der Waals surface area contributed by atoms with Gasteiger partial charge in [-0.15, -0.1) is 0 Å². The van der Waals surface area contributed by atoms with Gasteiger partial charge < -0.3 is 15.2 Å². The average Bonchev–Trinajstić information content (AvgIpc) is 2.27. The van der Waals surface area contributed by atoms with Gasteiger partial charge in [0.2, 0.25) is 0 Å². The van der Waals surface area contributed by atoms with Crippen LogP contribution in [0.1, 0.15) is 34.5 Å². The van der Waals surface area contributed by atoms with Crippen LogP contribution in [0.15, 0.2) is 6.07 Å². The molecule has 0 aromatic carbocycles. The van der Waals surface area contributed by atoms with Gasteiger partial charge in [0.05, 0.1) is 0 Å². The Morgan fingerprint density at radius 1 is 1.44 bits per heavy atom. The molecule has 0 aliphatic rings. The number of nitrogens with one attached hydrogen (secondary N) is 1. The van der Waals surface area contributed by atoms with E-state index in [1.54, 1.807) is 20.1 Å². The second-order valence-electron chi connectivity index (χ2n) is 4.24. The summed E-state index contributed by atoms with van der Waals surface area (Å²) in [7, 11) is 1.67. The van der Waals surface area contributed by atoms with E-state index in [0.717, 1.165) is 24.1 Å². The van der Waals surface area contributed by atoms with Crippen LogP contribution in [-0.4, -0.2) is 36.3 Å². The molecule has 2 N–H and O–H groups in total. The van der Waals surface area contributed by atoms with Crippen LogP contribution in [0.2, 0.25) is 0 Å². The minimum atomic E-state index is -0.945. The van der Waals surface area contributed by atoms with Crippen LogP contribution in [0.25, 0.3) is 0 Å². The van der Waals surface area contributed by atoms with Crippen molar-refractivity contribution in [2.45, 2.75) is 26.7 Å². The Hall–Kier alpha value is -1.62. The zero-order valence-corrected chi connectivity index (χ0v) is 11.1. The fraction of sp³-hybridized carbons (Fsp3) is 0.538. The largest absolute Gasteiger partial charge is 0.478 e. The molecule has 0 saturated heterocycles. The lowest BCUT2D eigenvalue weighted by atomic mass is 10.1. The molecular weight excluding hydrogens is 232 g/mol. The highest BCUT2D eigenvalue weighted by Gasteiger charge is 2.15. The molecule has 0 amide bonds. The van der Waals surface area contributed by atoms with Crippen molar-refractivity contribution in [2.75, 3.05) is 25.6 Å². The van der Waals surface area contributed by atoms with Crippen LogP contribution in [0.3, 0.4) is 0 Å². The summed E-state index contributed by atoms with van der Waals surface area (Å²) < 4.78 is 4.96. The number of aromatic carboxylic acids is 1. The molecule has 0 aliphatic heterocycles. The SMILES string of the molecule is COCCCCNc1nc(C)cc(C)c1C(=O)O. The first-order valence-electron chi connectivity index (χ1n) is 6.00. The molecule has 1 heterocycles. The molecule has 0 bridgehead atoms. The maximum absolute atomic E-state index is 11.2. The second-order valence-corrected chi connectivity index (χ2v) is 4.24. The molecule has 100 valence electrons. The van der Waals surface area contributed by atoms with Crippen LogP contribution in [0.4, 0.5) is 5.82 Å². The predicted molar refractivity (Wildman–Crippen MR) is 70.3 cm³/mol. The molecule has 0 radical (unpaired) electrons. The number of hydrogen-bond acceptors (Lipinski definition) is 4. The summed E-state index contributed by atoms with van der Waals surface area (Å²) in [5.41, 5.74) is 1.80. The molecule has 0 aliphatic carbocycles. The lowest BCUT2D eigenvalue weighted by Crippen LogP contribution is -2.12. The van der Waals surface area contributed by atoms with Crippen LogP contribution >= 0.6 is 0 Å². The van der Waals surface area contributed by atoms with Gasteiger partial charge in [-0.1, -0.05) is 0 Å². The highest BCUT2D eigenvalue weighted by Crippen LogP contribution is 2.18. The van der Waals surface area contributed by atoms with E-state index in [0.29, 0.717) is 19.0 Å². The van der Waals surface area contributed by atoms with Gasteiger partial charge in [-0.2, -0.15) is 0 Å². The molecule has 0 spiro atoms. The number of carbonyl (C=O) groups is 1. The van der Waals surface area contributed by atoms with Gasteiger partial charge in [-0.05, 0) is 38.3 Å². The lowest BCUT2D eigenvalue weighted by molar-refractivity contribution is 0.0697. The number of carboxylic acid groups (broad SMARTS) is 1. The van der Waals surface area contributed by atoms with Gasteiger partial charge in [-0.3, -0.25) is 0 Å². The third-order valence-corrected chi connectivity index (χ3v) is 2.63. The molecule has 0 saturated carbocycles. The normalized spacial score (nSPS) is 10.4. The molecule has 18 heavy (non-hydrogen) atoms. The number of ether oxygens (including phenoxy) is 1. The van der Waals surface area contributed by atoms with E-state index in [-0.39, 0.29) is 5.56 Å². The third-order valence-electron chi connectivity index (χ3n) is 2.63. The number of hydrogen-bond donors (Lipinski definition) is 2. The molecule has 5 heteroatoms. The zero-order chi connectivity index (χ0) is 13.5. The lowest BCUT2D eigenvalue weighted by Gasteiger charge is -2.11. The van der Waals surface area contributed by atoms with Crippen molar-refractivity contribution in [3.8, 4) is 0 Å². The number of unbranched alkanes of at least 4 members (excludes halogenated alkanes) is 1. The van der Waals surface area contributed by atoms with Crippen molar-refractivity contribution in [1.29, 1.82) is 0 Å². The Bertz CT molecular complexity index is 419. The quantitative estimate of drug-likeness (QED) is 0.728. The minimum Gasteiger partial charge on any atom is -0.478 e. The summed E-state index contributed by atoms with van der Waals surface area (Å²) >= 11 is 0. The highest BCUT2D eigenvalue weighted by atomic mass is 16.5. The van der Waals surface area contributed by atoms with E-state index in [1.165, 1.54) is 0 Å². The van der Waals surface area contributed by atoms with Crippen molar-refractivity contribution < 1.29 is 14.6 Å². The molecule has 5 nitrogen and oxygen atoms in total. The van der Waals surface area contributed by atoms with Gasteiger partial charge in [0.1, 0.15) is 11.4 Å². The van der Waals surface area contributed by atoms with Crippen LogP contribution in [-0.2, 0) is 4.74 Å². The topological polar surface area (TPSA) is 71.5 Å². The Kier molecular flexibility index (Phi) is 5.58. The predicted octanol–water partition coefficient (Wildman–Crippen LogP) is 2.24. The van der Waals surface area contributed by atoms with Crippen molar-refractivity contribution in [3.63, 3.8) is 0 Å². The number of anilines is 1. The maximum Gasteiger partial charge on any atom is 0.339 e. The summed E-state index contributed by atoms with van der Waals surface area (Å²) in [4.78, 5) is 15.4. The van der Waals surface area contributed by atoms with Crippen LogP contribution < -0.4 is 5.32 Å². The molecule has 0 fully saturated rings. The van der Waals surface area contributed by atoms with E-state index in [4.69, 9.17) is 4.74 Å². The Labute approximate surface area is 107 Å². The number of aromatic nitrogens is 1. The monoisotopic (exact) mass is 252 g/mol. The van der Waals surface area contributed by atoms with E-state index in [1.807, 2.05) is 6.92 Å². The number of nitrogens with zero attached hydrogens (tertiary/aromatic N) is 1. The minimum absolute atomic E-state index is 0.257. The number of methoxy groups -OCH3 is 1. The number of pyridine rings is 1. The fourth-order valence-electron chi connectivity index (χ4n) is 1.81. The molecular formula is C13H20N2O3. The van der Waals surface area contributed by atoms with Gasteiger partial charge in [0.15, 0.2) is 0 Å². The van der Waals surface area contributed by atoms with Crippen molar-refractivity contribution >= 4 is 11.8 Å². The fourth-order valence-corrected chi connectivity index (χ4v) is 1.81. The van der Waals surface area contributed by atoms with Gasteiger partial charge in [0, 0.05) is 26.0 Å². The standard InChI is InChI=1S/C13H20N2O3/c1-9-8-10(2)15-12(11(9)13(16)17)14-6-4-5-7-18-3/h8H,4-7H2,1-3H3,(H,14,15)(H,16,17). The zero-order valence-electron chi connectivity index (χ0n) is 11.1. The van der Waals surface area contributed by atoms with Gasteiger partial charge >= 0.3 is 5.97 Å². The first-order chi connectivity index (χ1) is 8.56. The Morgan fingerprint density at radius 2 is 2.17 bits per heavy atom. The first kappa shape index (κ1) is 14.4. The molecule has 1 aromatic rings. The molecule has 1 aromatic heterocycles. The third kappa shape index (κ3) is 4.00. The first-order valence-corrected chi connectivity index (χ1v) is 6.00. The summed E-state index contributed by atoms with van der Waals surface area (Å²) in [6.45, 7) is 5.05. The van der Waals surface area contributed by atoms with Gasteiger partial charge in [-0.25, -0.2) is 9.78 Å². The number of aryl methyl sites for hydroxylation is 2. The summed E-state index contributed by atoms with van der Waals surface area (Å²) in [6, 6.07) is 1.78. The van der Waals surface area contributed by atoms with Crippen molar-refractivity contribution in [3.05, 3.63) is 22.9 Å². The van der Waals surface area contributed by atoms with Gasteiger partial charge in [0.25, 0.3) is 0 Å². The molecule has 1 rings (SSSR count). The van der Waals surface area contributed by atoms with E-state index < -0.39 is 5.97 Å². The van der Waals surface area contributed by atoms with Crippen molar-refractivity contribution in [2.24, 2.45) is 0 Å². The smallest absolute Gasteiger partial charge is 0.339 e. The second kappa shape index (κ2) is 6.96. The Balaban J connectivity index is 2.71. The molecule has 0 atom stereocenters. The van der Waals surface area contributed by atoms with E-state index in [2.05, 4.69) is 10.3 Å². The number of carboxylic acids is 1. The average molecular weight is 252 g/mol. The van der Waals surface area contributed by atoms with Crippen LogP contribution in [0.5, 0.6) is 0 Å². The van der Waals surface area contributed by atoms with E-state index >= 15 is 0 Å². The van der Waals surface area contributed by atoms with E-state index in [9.17, 15) is 9.90 Å². The highest BCUT2D eigenvalue weighted by molar-refractivity contribution is 5.94. The summed E-state index contributed by atoms with van der Waals surface area (Å²) in [5.74, 6) is -0.489. The van der Waals surface area contributed by atoms with Crippen LogP contribution in [0, 0.1) is 13.8 Å². The summed E-state index contributed by atoms with van der Waals surface area (Å²) in [6.07, 6.45) is 1.86. The number of rotatable bonds is 7. The summed E-state index contributed by atoms with van der Waals surface area (Å²) in [5, 5.41) is 12.3.